The summed E-state index contributed by atoms with van der Waals surface area (Å²) in [7, 11) is -2.12. The van der Waals surface area contributed by atoms with Gasteiger partial charge in [0.05, 0.1) is 31.2 Å². The second-order valence-corrected chi connectivity index (χ2v) is 11.1. The zero-order chi connectivity index (χ0) is 32.0. The van der Waals surface area contributed by atoms with E-state index in [4.69, 9.17) is 9.31 Å². The predicted octanol–water partition coefficient (Wildman–Crippen LogP) is -1.81. The van der Waals surface area contributed by atoms with E-state index < -0.39 is 61.9 Å². The second kappa shape index (κ2) is 14.8. The first-order chi connectivity index (χ1) is 21.0. The monoisotopic (exact) mass is 609 g/mol. The fraction of sp³-hybridized carbons (Fsp3) is 0.448. The number of carbonyl (C=O) groups excluding carboxylic acids is 3. The van der Waals surface area contributed by atoms with Crippen LogP contribution < -0.4 is 26.9 Å². The van der Waals surface area contributed by atoms with Gasteiger partial charge < -0.3 is 45.5 Å². The molecule has 4 rings (SSSR count). The number of aryl methyl sites for hydroxylation is 1. The maximum atomic E-state index is 13.4. The zero-order valence-corrected chi connectivity index (χ0v) is 24.6. The number of benzene rings is 2. The van der Waals surface area contributed by atoms with Crippen molar-refractivity contribution in [1.82, 2.24) is 16.0 Å². The summed E-state index contributed by atoms with van der Waals surface area (Å²) in [6.45, 7) is 3.44. The molecule has 0 spiro atoms. The lowest BCUT2D eigenvalue weighted by atomic mass is 9.78. The molecule has 234 valence electrons. The van der Waals surface area contributed by atoms with Crippen molar-refractivity contribution >= 4 is 48.9 Å². The largest absolute Gasteiger partial charge is 0.491 e. The van der Waals surface area contributed by atoms with Crippen LogP contribution in [-0.4, -0.2) is 83.4 Å². The van der Waals surface area contributed by atoms with Gasteiger partial charge in [0.25, 0.3) is 5.91 Å². The number of hydrogen-bond acceptors (Lipinski definition) is 9. The summed E-state index contributed by atoms with van der Waals surface area (Å²) in [6.07, 6.45) is -0.245. The van der Waals surface area contributed by atoms with E-state index in [-0.39, 0.29) is 19.7 Å². The number of carboxylic acids is 1. The molecule has 2 aromatic rings. The molecular weight excluding hydrogens is 572 g/mol. The Labute approximate surface area is 255 Å². The quantitative estimate of drug-likeness (QED) is 0.120. The van der Waals surface area contributed by atoms with Gasteiger partial charge in [0, 0.05) is 18.7 Å². The molecule has 44 heavy (non-hydrogen) atoms. The number of rotatable bonds is 14. The van der Waals surface area contributed by atoms with Crippen LogP contribution in [0.3, 0.4) is 0 Å². The summed E-state index contributed by atoms with van der Waals surface area (Å²) < 4.78 is 10.4. The minimum absolute atomic E-state index is 0.0242. The molecule has 2 heterocycles. The van der Waals surface area contributed by atoms with E-state index in [9.17, 15) is 39.4 Å². The van der Waals surface area contributed by atoms with Gasteiger partial charge in [-0.1, -0.05) is 31.2 Å². The minimum Gasteiger partial charge on any atom is -0.480 e. The van der Waals surface area contributed by atoms with Gasteiger partial charge >= 0.3 is 20.2 Å². The van der Waals surface area contributed by atoms with Gasteiger partial charge in [0.2, 0.25) is 11.8 Å². The summed E-state index contributed by atoms with van der Waals surface area (Å²) in [5.41, 5.74) is 4.03. The van der Waals surface area contributed by atoms with Crippen LogP contribution in [0, 0.1) is 11.8 Å². The molecule has 0 fully saturated rings. The number of aliphatic hydroxyl groups is 1. The topological polar surface area (TPSA) is 204 Å². The van der Waals surface area contributed by atoms with E-state index in [0.29, 0.717) is 42.4 Å². The predicted molar refractivity (Wildman–Crippen MR) is 160 cm³/mol. The van der Waals surface area contributed by atoms with Crippen molar-refractivity contribution in [2.75, 3.05) is 13.1 Å². The molecule has 0 aliphatic carbocycles. The molecule has 13 nitrogen and oxygen atoms in total. The number of hydrogen-bond donors (Lipinski definition) is 7. The molecule has 0 unspecified atom stereocenters. The van der Waals surface area contributed by atoms with Crippen LogP contribution >= 0.6 is 0 Å². The molecule has 15 heteroatoms. The molecule has 0 saturated heterocycles. The van der Waals surface area contributed by atoms with Gasteiger partial charge in [-0.15, -0.1) is 0 Å². The third kappa shape index (κ3) is 8.04. The first-order valence-electron chi connectivity index (χ1n) is 14.6. The molecule has 0 bridgehead atoms. The number of aliphatic carboxylic acids is 1. The van der Waals surface area contributed by atoms with Crippen LogP contribution in [0.25, 0.3) is 0 Å². The van der Waals surface area contributed by atoms with Crippen molar-refractivity contribution in [3.05, 3.63) is 58.7 Å². The Hall–Kier alpha value is -3.75. The molecule has 2 aromatic carbocycles. The first-order valence-corrected chi connectivity index (χ1v) is 14.6. The Balaban J connectivity index is 1.42. The van der Waals surface area contributed by atoms with Crippen molar-refractivity contribution in [3.8, 4) is 0 Å². The van der Waals surface area contributed by atoms with Crippen molar-refractivity contribution in [1.29, 1.82) is 0 Å². The van der Waals surface area contributed by atoms with E-state index in [1.54, 1.807) is 25.1 Å². The van der Waals surface area contributed by atoms with E-state index in [2.05, 4.69) is 16.0 Å². The van der Waals surface area contributed by atoms with E-state index >= 15 is 0 Å². The van der Waals surface area contributed by atoms with Gasteiger partial charge in [0.15, 0.2) is 6.04 Å². The molecule has 4 atom stereocenters. The lowest BCUT2D eigenvalue weighted by molar-refractivity contribution is -0.145. The van der Waals surface area contributed by atoms with Crippen LogP contribution in [0.1, 0.15) is 53.7 Å². The molecule has 0 aromatic heterocycles. The van der Waals surface area contributed by atoms with Crippen molar-refractivity contribution < 1.29 is 48.7 Å². The lowest BCUT2D eigenvalue weighted by Crippen LogP contribution is -2.51. The fourth-order valence-corrected chi connectivity index (χ4v) is 5.21. The maximum Gasteiger partial charge on any atom is 0.491 e. The van der Waals surface area contributed by atoms with Gasteiger partial charge in [-0.2, -0.15) is 0 Å². The van der Waals surface area contributed by atoms with Crippen LogP contribution in [0.15, 0.2) is 36.4 Å². The Morgan fingerprint density at radius 2 is 1.50 bits per heavy atom. The maximum absolute atomic E-state index is 13.4. The van der Waals surface area contributed by atoms with E-state index in [1.807, 2.05) is 18.2 Å². The Bertz CT molecular complexity index is 1390. The van der Waals surface area contributed by atoms with Crippen LogP contribution in [0.5, 0.6) is 0 Å². The van der Waals surface area contributed by atoms with Gasteiger partial charge in [-0.25, -0.2) is 4.79 Å². The fourth-order valence-electron chi connectivity index (χ4n) is 5.21. The third-order valence-corrected chi connectivity index (χ3v) is 8.04. The number of nitrogens with one attached hydrogen (secondary N) is 3. The van der Waals surface area contributed by atoms with Gasteiger partial charge in [-0.05, 0) is 65.9 Å². The number of carboxylic acid groups (broad SMARTS) is 1. The van der Waals surface area contributed by atoms with Gasteiger partial charge in [0.1, 0.15) is 0 Å². The summed E-state index contributed by atoms with van der Waals surface area (Å²) in [4.78, 5) is 50.5. The van der Waals surface area contributed by atoms with Crippen LogP contribution in [-0.2, 0) is 43.3 Å². The summed E-state index contributed by atoms with van der Waals surface area (Å²) in [6, 6.07) is 8.98. The van der Waals surface area contributed by atoms with E-state index in [1.165, 1.54) is 6.92 Å². The standard InChI is InChI=1S/C29H37B2N3O10/c1-3-18(28(38)34-25(16(2)35)29(39)40)12-32-27(37)20(6-4-17-5-7-21-14-43-30(41)23(21)10-17)13-33-26(36)19-8-9-22-15-44-31(42)24(22)11-19/h5,7-11,16,18,20,25,35,41-42H,3-4,6,12-15H2,1-2H3,(H,32,37)(H,33,36)(H,34,38)(H,39,40)/t16-,18-,20+,25+/m1/s1. The Morgan fingerprint density at radius 1 is 0.886 bits per heavy atom. The molecule has 7 N–H and O–H groups in total. The average Bonchev–Trinajstić information content (AvgIpc) is 3.56. The van der Waals surface area contributed by atoms with E-state index in [0.717, 1.165) is 16.7 Å². The average molecular weight is 609 g/mol. The highest BCUT2D eigenvalue weighted by Crippen LogP contribution is 2.16. The molecular formula is C29H37B2N3O10. The number of amides is 3. The highest BCUT2D eigenvalue weighted by atomic mass is 16.5. The molecule has 2 aliphatic rings. The van der Waals surface area contributed by atoms with Crippen LogP contribution in [0.4, 0.5) is 0 Å². The molecule has 3 amide bonds. The van der Waals surface area contributed by atoms with Crippen LogP contribution in [0.2, 0.25) is 0 Å². The van der Waals surface area contributed by atoms with Crippen molar-refractivity contribution in [2.45, 2.75) is 58.5 Å². The number of aliphatic hydroxyl groups excluding tert-OH is 1. The smallest absolute Gasteiger partial charge is 0.480 e. The van der Waals surface area contributed by atoms with Crippen molar-refractivity contribution in [3.63, 3.8) is 0 Å². The lowest BCUT2D eigenvalue weighted by Gasteiger charge is -2.23. The molecule has 2 aliphatic heterocycles. The zero-order valence-electron chi connectivity index (χ0n) is 24.6. The molecule has 0 radical (unpaired) electrons. The van der Waals surface area contributed by atoms with Gasteiger partial charge in [-0.3, -0.25) is 14.4 Å². The highest BCUT2D eigenvalue weighted by molar-refractivity contribution is 6.62. The normalized spacial score (nSPS) is 16.4. The minimum atomic E-state index is -1.49. The first kappa shape index (κ1) is 33.1. The van der Waals surface area contributed by atoms with Crippen molar-refractivity contribution in [2.24, 2.45) is 11.8 Å². The Morgan fingerprint density at radius 3 is 2.11 bits per heavy atom. The summed E-state index contributed by atoms with van der Waals surface area (Å²) in [5, 5.41) is 46.9. The SMILES string of the molecule is CC[C@H](CNC(=O)[C@@H](CCc1ccc2c(c1)B(O)OC2)CNC(=O)c1ccc2c(c1)B(O)OC2)C(=O)N[C@H](C(=O)O)[C@@H](C)O. The Kier molecular flexibility index (Phi) is 11.2. The summed E-state index contributed by atoms with van der Waals surface area (Å²) >= 11 is 0. The summed E-state index contributed by atoms with van der Waals surface area (Å²) in [5.74, 6) is -4.31. The number of fused-ring (bicyclic) bond motifs is 2. The molecule has 0 saturated carbocycles. The second-order valence-electron chi connectivity index (χ2n) is 11.1. The number of carbonyl (C=O) groups is 4. The highest BCUT2D eigenvalue weighted by Gasteiger charge is 2.31. The third-order valence-electron chi connectivity index (χ3n) is 8.04.